The van der Waals surface area contributed by atoms with Gasteiger partial charge in [-0.25, -0.2) is 13.8 Å². The Morgan fingerprint density at radius 1 is 1.03 bits per heavy atom. The van der Waals surface area contributed by atoms with Gasteiger partial charge < -0.3 is 19.7 Å². The van der Waals surface area contributed by atoms with Crippen molar-refractivity contribution in [1.82, 2.24) is 25.1 Å². The van der Waals surface area contributed by atoms with Crippen LogP contribution in [0.4, 0.5) is 20.2 Å². The minimum atomic E-state index is -2.81. The number of benzene rings is 2. The first-order chi connectivity index (χ1) is 17.1. The van der Waals surface area contributed by atoms with Gasteiger partial charge in [-0.2, -0.15) is 5.10 Å². The Bertz CT molecular complexity index is 1320. The first-order valence-electron chi connectivity index (χ1n) is 11.5. The fraction of sp³-hybridized carbons (Fsp3) is 0.346. The van der Waals surface area contributed by atoms with Crippen molar-refractivity contribution in [3.8, 4) is 22.8 Å². The average molecular weight is 497 g/mol. The molecule has 0 spiro atoms. The fourth-order valence-electron chi connectivity index (χ4n) is 3.86. The van der Waals surface area contributed by atoms with Crippen LogP contribution in [0, 0.1) is 0 Å². The molecule has 1 unspecified atom stereocenters. The standard InChI is InChI=1S/C26H30F2N6O2/c1-17(30-16-26(2,27)28)14-34(20-8-21(35-4)11-22(9-20)36-5)19-6-7-23-24(10-19)32-25(13-29-23)18-12-31-33(3)15-18/h6-13,15,17,30H,14,16H2,1-5H3. The van der Waals surface area contributed by atoms with Crippen LogP contribution in [0.1, 0.15) is 13.8 Å². The third-order valence-corrected chi connectivity index (χ3v) is 5.70. The van der Waals surface area contributed by atoms with E-state index in [1.165, 1.54) is 0 Å². The number of anilines is 2. The SMILES string of the molecule is COc1cc(OC)cc(N(CC(C)NCC(C)(F)F)c2ccc3ncc(-c4cnn(C)c4)nc3c2)c1. The van der Waals surface area contributed by atoms with Crippen LogP contribution in [0.5, 0.6) is 11.5 Å². The van der Waals surface area contributed by atoms with E-state index in [4.69, 9.17) is 14.5 Å². The average Bonchev–Trinajstić information content (AvgIpc) is 3.30. The minimum Gasteiger partial charge on any atom is -0.497 e. The quantitative estimate of drug-likeness (QED) is 0.337. The minimum absolute atomic E-state index is 0.253. The predicted molar refractivity (Wildman–Crippen MR) is 136 cm³/mol. The first-order valence-corrected chi connectivity index (χ1v) is 11.5. The number of aromatic nitrogens is 4. The van der Waals surface area contributed by atoms with Gasteiger partial charge in [-0.1, -0.05) is 0 Å². The van der Waals surface area contributed by atoms with Crippen LogP contribution in [-0.2, 0) is 7.05 Å². The molecule has 2 aromatic carbocycles. The van der Waals surface area contributed by atoms with Gasteiger partial charge in [0, 0.05) is 67.9 Å². The molecule has 2 heterocycles. The Hall–Kier alpha value is -3.79. The summed E-state index contributed by atoms with van der Waals surface area (Å²) in [7, 11) is 5.02. The monoisotopic (exact) mass is 496 g/mol. The summed E-state index contributed by atoms with van der Waals surface area (Å²) in [6, 6.07) is 11.1. The van der Waals surface area contributed by atoms with Crippen molar-refractivity contribution in [2.45, 2.75) is 25.8 Å². The highest BCUT2D eigenvalue weighted by Gasteiger charge is 2.23. The van der Waals surface area contributed by atoms with Gasteiger partial charge >= 0.3 is 0 Å². The van der Waals surface area contributed by atoms with Crippen LogP contribution >= 0.6 is 0 Å². The zero-order valence-corrected chi connectivity index (χ0v) is 21.0. The van der Waals surface area contributed by atoms with E-state index in [0.717, 1.165) is 29.4 Å². The molecule has 1 atom stereocenters. The Kier molecular flexibility index (Phi) is 7.35. The van der Waals surface area contributed by atoms with Crippen LogP contribution in [0.25, 0.3) is 22.3 Å². The van der Waals surface area contributed by atoms with E-state index in [2.05, 4.69) is 15.4 Å². The topological polar surface area (TPSA) is 77.3 Å². The molecule has 0 saturated carbocycles. The molecule has 4 rings (SSSR count). The molecule has 0 aliphatic rings. The van der Waals surface area contributed by atoms with E-state index in [9.17, 15) is 8.78 Å². The zero-order valence-electron chi connectivity index (χ0n) is 21.0. The number of alkyl halides is 2. The molecule has 10 heteroatoms. The zero-order chi connectivity index (χ0) is 25.9. The summed E-state index contributed by atoms with van der Waals surface area (Å²) in [6.45, 7) is 2.77. The number of methoxy groups -OCH3 is 2. The molecule has 0 saturated heterocycles. The van der Waals surface area contributed by atoms with Gasteiger partial charge in [0.25, 0.3) is 5.92 Å². The maximum Gasteiger partial charge on any atom is 0.257 e. The molecule has 2 aromatic heterocycles. The number of nitrogens with one attached hydrogen (secondary N) is 1. The molecule has 190 valence electrons. The number of aryl methyl sites for hydroxylation is 1. The summed E-state index contributed by atoms with van der Waals surface area (Å²) in [5.74, 6) is -1.57. The number of nitrogens with zero attached hydrogens (tertiary/aromatic N) is 5. The van der Waals surface area contributed by atoms with Crippen molar-refractivity contribution in [3.05, 3.63) is 55.0 Å². The van der Waals surface area contributed by atoms with Crippen molar-refractivity contribution < 1.29 is 18.3 Å². The van der Waals surface area contributed by atoms with Gasteiger partial charge in [-0.15, -0.1) is 0 Å². The summed E-state index contributed by atoms with van der Waals surface area (Å²) in [6.07, 6.45) is 5.34. The normalized spacial score (nSPS) is 12.5. The number of rotatable bonds is 10. The lowest BCUT2D eigenvalue weighted by Gasteiger charge is -2.30. The third kappa shape index (κ3) is 6.06. The van der Waals surface area contributed by atoms with E-state index in [0.29, 0.717) is 29.3 Å². The summed E-state index contributed by atoms with van der Waals surface area (Å²) in [4.78, 5) is 11.4. The lowest BCUT2D eigenvalue weighted by molar-refractivity contribution is 0.0206. The van der Waals surface area contributed by atoms with Crippen molar-refractivity contribution in [2.75, 3.05) is 32.2 Å². The van der Waals surface area contributed by atoms with Gasteiger partial charge in [-0.3, -0.25) is 9.67 Å². The molecular formula is C26H30F2N6O2. The predicted octanol–water partition coefficient (Wildman–Crippen LogP) is 4.82. The lowest BCUT2D eigenvalue weighted by atomic mass is 10.1. The van der Waals surface area contributed by atoms with Crippen LogP contribution in [-0.4, -0.2) is 59.0 Å². The largest absolute Gasteiger partial charge is 0.497 e. The number of halogens is 2. The Balaban J connectivity index is 1.75. The van der Waals surface area contributed by atoms with Gasteiger partial charge in [0.1, 0.15) is 11.5 Å². The van der Waals surface area contributed by atoms with Crippen molar-refractivity contribution in [2.24, 2.45) is 7.05 Å². The van der Waals surface area contributed by atoms with Crippen LogP contribution in [0.15, 0.2) is 55.0 Å². The molecule has 0 aliphatic carbocycles. The lowest BCUT2D eigenvalue weighted by Crippen LogP contribution is -2.42. The number of ether oxygens (including phenoxy) is 2. The van der Waals surface area contributed by atoms with Crippen molar-refractivity contribution in [3.63, 3.8) is 0 Å². The second kappa shape index (κ2) is 10.4. The third-order valence-electron chi connectivity index (χ3n) is 5.70. The van der Waals surface area contributed by atoms with E-state index >= 15 is 0 Å². The molecule has 4 aromatic rings. The molecule has 1 N–H and O–H groups in total. The second-order valence-electron chi connectivity index (χ2n) is 8.86. The van der Waals surface area contributed by atoms with E-state index in [-0.39, 0.29) is 6.04 Å². The molecule has 36 heavy (non-hydrogen) atoms. The van der Waals surface area contributed by atoms with Crippen LogP contribution < -0.4 is 19.7 Å². The highest BCUT2D eigenvalue weighted by molar-refractivity contribution is 5.82. The van der Waals surface area contributed by atoms with Crippen molar-refractivity contribution >= 4 is 22.4 Å². The highest BCUT2D eigenvalue weighted by Crippen LogP contribution is 2.34. The van der Waals surface area contributed by atoms with Gasteiger partial charge in [-0.05, 0) is 25.1 Å². The van der Waals surface area contributed by atoms with Crippen LogP contribution in [0.3, 0.4) is 0 Å². The molecule has 0 bridgehead atoms. The summed E-state index contributed by atoms with van der Waals surface area (Å²) >= 11 is 0. The summed E-state index contributed by atoms with van der Waals surface area (Å²) in [5, 5.41) is 7.14. The first kappa shape index (κ1) is 25.3. The van der Waals surface area contributed by atoms with E-state index in [1.54, 1.807) is 37.4 Å². The number of hydrogen-bond acceptors (Lipinski definition) is 7. The highest BCUT2D eigenvalue weighted by atomic mass is 19.3. The maximum absolute atomic E-state index is 13.5. The molecule has 0 aliphatic heterocycles. The second-order valence-corrected chi connectivity index (χ2v) is 8.86. The smallest absolute Gasteiger partial charge is 0.257 e. The van der Waals surface area contributed by atoms with Crippen LogP contribution in [0.2, 0.25) is 0 Å². The van der Waals surface area contributed by atoms with E-state index in [1.807, 2.05) is 55.4 Å². The summed E-state index contributed by atoms with van der Waals surface area (Å²) in [5.41, 5.74) is 4.64. The number of fused-ring (bicyclic) bond motifs is 1. The molecule has 0 amide bonds. The van der Waals surface area contributed by atoms with Gasteiger partial charge in [0.05, 0.1) is 49.9 Å². The number of hydrogen-bond donors (Lipinski definition) is 1. The maximum atomic E-state index is 13.5. The van der Waals surface area contributed by atoms with E-state index < -0.39 is 12.5 Å². The van der Waals surface area contributed by atoms with Crippen molar-refractivity contribution in [1.29, 1.82) is 0 Å². The molecule has 0 radical (unpaired) electrons. The molecular weight excluding hydrogens is 466 g/mol. The Morgan fingerprint density at radius 3 is 2.36 bits per heavy atom. The Morgan fingerprint density at radius 2 is 1.75 bits per heavy atom. The molecule has 8 nitrogen and oxygen atoms in total. The van der Waals surface area contributed by atoms with Gasteiger partial charge in [0.15, 0.2) is 0 Å². The summed E-state index contributed by atoms with van der Waals surface area (Å²) < 4.78 is 39.6. The van der Waals surface area contributed by atoms with Gasteiger partial charge in [0.2, 0.25) is 0 Å². The fourth-order valence-corrected chi connectivity index (χ4v) is 3.86. The Labute approximate surface area is 208 Å². The molecule has 0 fully saturated rings.